The van der Waals surface area contributed by atoms with E-state index in [2.05, 4.69) is 52.1 Å². The van der Waals surface area contributed by atoms with Crippen LogP contribution in [-0.4, -0.2) is 6.54 Å². The quantitative estimate of drug-likeness (QED) is 0.862. The van der Waals surface area contributed by atoms with Crippen molar-refractivity contribution in [2.75, 3.05) is 6.54 Å². The van der Waals surface area contributed by atoms with Crippen molar-refractivity contribution in [1.82, 2.24) is 5.32 Å². The summed E-state index contributed by atoms with van der Waals surface area (Å²) in [7, 11) is 0. The van der Waals surface area contributed by atoms with Gasteiger partial charge < -0.3 is 9.73 Å². The highest BCUT2D eigenvalue weighted by atomic mass is 16.3. The Bertz CT molecular complexity index is 539. The van der Waals surface area contributed by atoms with Crippen molar-refractivity contribution in [1.29, 1.82) is 0 Å². The summed E-state index contributed by atoms with van der Waals surface area (Å²) in [5.41, 5.74) is 4.81. The predicted octanol–water partition coefficient (Wildman–Crippen LogP) is 4.03. The minimum Gasteiger partial charge on any atom is -0.459 e. The fraction of sp³-hybridized carbons (Fsp3) is 0.467. The van der Waals surface area contributed by atoms with Gasteiger partial charge in [0.15, 0.2) is 0 Å². The first-order chi connectivity index (χ1) is 8.04. The Kier molecular flexibility index (Phi) is 3.25. The molecule has 0 saturated heterocycles. The van der Waals surface area contributed by atoms with Crippen molar-refractivity contribution in [3.8, 4) is 0 Å². The van der Waals surface area contributed by atoms with E-state index in [1.54, 1.807) is 0 Å². The molecule has 2 nitrogen and oxygen atoms in total. The van der Waals surface area contributed by atoms with Crippen LogP contribution in [0.2, 0.25) is 0 Å². The molecule has 17 heavy (non-hydrogen) atoms. The Labute approximate surface area is 103 Å². The molecular weight excluding hydrogens is 210 g/mol. The van der Waals surface area contributed by atoms with Gasteiger partial charge in [-0.15, -0.1) is 0 Å². The van der Waals surface area contributed by atoms with Crippen LogP contribution in [0.5, 0.6) is 0 Å². The molecule has 0 aliphatic rings. The van der Waals surface area contributed by atoms with E-state index in [0.717, 1.165) is 17.9 Å². The lowest BCUT2D eigenvalue weighted by atomic mass is 10.0. The molecule has 1 heterocycles. The van der Waals surface area contributed by atoms with E-state index in [1.807, 2.05) is 0 Å². The van der Waals surface area contributed by atoms with Gasteiger partial charge >= 0.3 is 0 Å². The van der Waals surface area contributed by atoms with Gasteiger partial charge in [-0.2, -0.15) is 0 Å². The van der Waals surface area contributed by atoms with Crippen LogP contribution in [0.4, 0.5) is 0 Å². The summed E-state index contributed by atoms with van der Waals surface area (Å²) in [4.78, 5) is 0. The third-order valence-corrected chi connectivity index (χ3v) is 3.31. The molecule has 2 heteroatoms. The third-order valence-electron chi connectivity index (χ3n) is 3.31. The summed E-state index contributed by atoms with van der Waals surface area (Å²) in [6, 6.07) is 4.66. The SMILES string of the molecule is CCNC(C)c1oc2c(C)cc(C)cc2c1C. The maximum Gasteiger partial charge on any atom is 0.137 e. The molecular formula is C15H21NO. The topological polar surface area (TPSA) is 25.2 Å². The normalized spacial score (nSPS) is 13.2. The molecule has 0 bridgehead atoms. The van der Waals surface area contributed by atoms with Crippen molar-refractivity contribution in [2.45, 2.75) is 40.7 Å². The van der Waals surface area contributed by atoms with E-state index in [4.69, 9.17) is 4.42 Å². The van der Waals surface area contributed by atoms with E-state index in [-0.39, 0.29) is 6.04 Å². The number of nitrogens with one attached hydrogen (secondary N) is 1. The van der Waals surface area contributed by atoms with Gasteiger partial charge in [0.1, 0.15) is 11.3 Å². The van der Waals surface area contributed by atoms with Crippen LogP contribution in [0.25, 0.3) is 11.0 Å². The maximum absolute atomic E-state index is 6.04. The van der Waals surface area contributed by atoms with E-state index >= 15 is 0 Å². The molecule has 1 atom stereocenters. The maximum atomic E-state index is 6.04. The zero-order valence-corrected chi connectivity index (χ0v) is 11.3. The standard InChI is InChI=1S/C15H21NO/c1-6-16-12(5)15-11(4)13-8-9(2)7-10(3)14(13)17-15/h7-8,12,16H,6H2,1-5H3. The first-order valence-corrected chi connectivity index (χ1v) is 6.28. The van der Waals surface area contributed by atoms with Crippen LogP contribution in [0.1, 0.15) is 42.3 Å². The second-order valence-corrected chi connectivity index (χ2v) is 4.83. The molecule has 0 aliphatic carbocycles. The lowest BCUT2D eigenvalue weighted by Crippen LogP contribution is -2.17. The summed E-state index contributed by atoms with van der Waals surface area (Å²) in [5.74, 6) is 1.07. The van der Waals surface area contributed by atoms with Crippen LogP contribution < -0.4 is 5.32 Å². The molecule has 0 spiro atoms. The Morgan fingerprint density at radius 1 is 1.24 bits per heavy atom. The molecule has 1 N–H and O–H groups in total. The molecule has 0 aliphatic heterocycles. The molecule has 2 aromatic rings. The van der Waals surface area contributed by atoms with Gasteiger partial charge in [-0.25, -0.2) is 0 Å². The zero-order chi connectivity index (χ0) is 12.6. The van der Waals surface area contributed by atoms with Gasteiger partial charge in [0.2, 0.25) is 0 Å². The Morgan fingerprint density at radius 3 is 2.59 bits per heavy atom. The Balaban J connectivity index is 2.60. The van der Waals surface area contributed by atoms with Crippen molar-refractivity contribution >= 4 is 11.0 Å². The summed E-state index contributed by atoms with van der Waals surface area (Å²) >= 11 is 0. The van der Waals surface area contributed by atoms with Crippen LogP contribution >= 0.6 is 0 Å². The molecule has 0 amide bonds. The first kappa shape index (κ1) is 12.2. The Hall–Kier alpha value is -1.28. The number of furan rings is 1. The van der Waals surface area contributed by atoms with Gasteiger partial charge in [0, 0.05) is 5.39 Å². The second-order valence-electron chi connectivity index (χ2n) is 4.83. The monoisotopic (exact) mass is 231 g/mol. The molecule has 1 aromatic carbocycles. The minimum absolute atomic E-state index is 0.270. The van der Waals surface area contributed by atoms with Crippen molar-refractivity contribution < 1.29 is 4.42 Å². The highest BCUT2D eigenvalue weighted by molar-refractivity contribution is 5.85. The number of aryl methyl sites for hydroxylation is 3. The van der Waals surface area contributed by atoms with Crippen molar-refractivity contribution in [3.63, 3.8) is 0 Å². The molecule has 92 valence electrons. The molecule has 0 fully saturated rings. The first-order valence-electron chi connectivity index (χ1n) is 6.28. The Morgan fingerprint density at radius 2 is 1.94 bits per heavy atom. The largest absolute Gasteiger partial charge is 0.459 e. The highest BCUT2D eigenvalue weighted by Crippen LogP contribution is 2.32. The number of rotatable bonds is 3. The molecule has 1 aromatic heterocycles. The van der Waals surface area contributed by atoms with Gasteiger partial charge in [0.25, 0.3) is 0 Å². The number of fused-ring (bicyclic) bond motifs is 1. The van der Waals surface area contributed by atoms with Gasteiger partial charge in [-0.3, -0.25) is 0 Å². The lowest BCUT2D eigenvalue weighted by molar-refractivity contribution is 0.455. The van der Waals surface area contributed by atoms with Gasteiger partial charge in [-0.05, 0) is 57.0 Å². The van der Waals surface area contributed by atoms with Crippen LogP contribution in [0.15, 0.2) is 16.5 Å². The lowest BCUT2D eigenvalue weighted by Gasteiger charge is -2.09. The third kappa shape index (κ3) is 2.09. The van der Waals surface area contributed by atoms with Crippen LogP contribution in [-0.2, 0) is 0 Å². The van der Waals surface area contributed by atoms with Gasteiger partial charge in [0.05, 0.1) is 6.04 Å². The predicted molar refractivity (Wildman–Crippen MR) is 72.5 cm³/mol. The van der Waals surface area contributed by atoms with E-state index in [9.17, 15) is 0 Å². The molecule has 0 radical (unpaired) electrons. The summed E-state index contributed by atoms with van der Waals surface area (Å²) in [5, 5.41) is 4.66. The summed E-state index contributed by atoms with van der Waals surface area (Å²) in [6.45, 7) is 11.6. The van der Waals surface area contributed by atoms with E-state index in [1.165, 1.54) is 22.1 Å². The smallest absolute Gasteiger partial charge is 0.137 e. The molecule has 0 saturated carbocycles. The minimum atomic E-state index is 0.270. The zero-order valence-electron chi connectivity index (χ0n) is 11.3. The van der Waals surface area contributed by atoms with E-state index in [0.29, 0.717) is 0 Å². The van der Waals surface area contributed by atoms with Crippen molar-refractivity contribution in [2.24, 2.45) is 0 Å². The highest BCUT2D eigenvalue weighted by Gasteiger charge is 2.17. The number of hydrogen-bond donors (Lipinski definition) is 1. The number of hydrogen-bond acceptors (Lipinski definition) is 2. The summed E-state index contributed by atoms with van der Waals surface area (Å²) < 4.78 is 6.04. The second kappa shape index (κ2) is 4.53. The fourth-order valence-corrected chi connectivity index (χ4v) is 2.50. The average molecular weight is 231 g/mol. The van der Waals surface area contributed by atoms with E-state index < -0.39 is 0 Å². The van der Waals surface area contributed by atoms with Gasteiger partial charge in [-0.1, -0.05) is 13.0 Å². The van der Waals surface area contributed by atoms with Crippen molar-refractivity contribution in [3.05, 3.63) is 34.6 Å². The van der Waals surface area contributed by atoms with Crippen LogP contribution in [0, 0.1) is 20.8 Å². The molecule has 1 unspecified atom stereocenters. The summed E-state index contributed by atoms with van der Waals surface area (Å²) in [6.07, 6.45) is 0. The number of benzene rings is 1. The van der Waals surface area contributed by atoms with Crippen LogP contribution in [0.3, 0.4) is 0 Å². The fourth-order valence-electron chi connectivity index (χ4n) is 2.50. The molecule has 2 rings (SSSR count). The average Bonchev–Trinajstić information content (AvgIpc) is 2.57.